The minimum absolute atomic E-state index is 0.00533. The van der Waals surface area contributed by atoms with Crippen molar-refractivity contribution >= 4 is 17.4 Å². The minimum atomic E-state index is -0.261. The predicted octanol–water partition coefficient (Wildman–Crippen LogP) is 2.47. The van der Waals surface area contributed by atoms with Crippen molar-refractivity contribution in [2.45, 2.75) is 6.92 Å². The highest BCUT2D eigenvalue weighted by Gasteiger charge is 2.12. The molecule has 0 aliphatic carbocycles. The fraction of sp³-hybridized carbons (Fsp3) is 0.190. The molecule has 5 N–H and O–H groups in total. The van der Waals surface area contributed by atoms with Gasteiger partial charge in [-0.25, -0.2) is 4.98 Å². The molecular weight excluding hydrogens is 354 g/mol. The van der Waals surface area contributed by atoms with Crippen molar-refractivity contribution in [2.24, 2.45) is 0 Å². The number of aliphatic hydroxyl groups is 1. The summed E-state index contributed by atoms with van der Waals surface area (Å²) in [7, 11) is 1.56. The number of aliphatic hydroxyl groups excluding tert-OH is 1. The van der Waals surface area contributed by atoms with E-state index >= 15 is 0 Å². The number of pyridine rings is 2. The number of hydrogen-bond acceptors (Lipinski definition) is 6. The van der Waals surface area contributed by atoms with E-state index in [1.807, 2.05) is 37.3 Å². The first-order valence-electron chi connectivity index (χ1n) is 8.93. The van der Waals surface area contributed by atoms with Gasteiger partial charge in [-0.05, 0) is 60.0 Å². The van der Waals surface area contributed by atoms with Crippen LogP contribution in [0.5, 0.6) is 0 Å². The fourth-order valence-electron chi connectivity index (χ4n) is 2.90. The van der Waals surface area contributed by atoms with Crippen molar-refractivity contribution in [3.8, 4) is 22.4 Å². The first kappa shape index (κ1) is 19.3. The van der Waals surface area contributed by atoms with E-state index in [1.54, 1.807) is 25.4 Å². The maximum atomic E-state index is 11.9. The van der Waals surface area contributed by atoms with Gasteiger partial charge in [-0.15, -0.1) is 0 Å². The highest BCUT2D eigenvalue weighted by Crippen LogP contribution is 2.31. The zero-order valence-electron chi connectivity index (χ0n) is 15.9. The van der Waals surface area contributed by atoms with E-state index in [2.05, 4.69) is 20.6 Å². The van der Waals surface area contributed by atoms with E-state index in [1.165, 1.54) is 0 Å². The van der Waals surface area contributed by atoms with Gasteiger partial charge in [0.05, 0.1) is 12.3 Å². The Labute approximate surface area is 163 Å². The monoisotopic (exact) mass is 377 g/mol. The Hall–Kier alpha value is -3.45. The summed E-state index contributed by atoms with van der Waals surface area (Å²) in [5, 5.41) is 14.8. The third-order valence-electron chi connectivity index (χ3n) is 4.33. The molecule has 0 saturated carbocycles. The Morgan fingerprint density at radius 3 is 2.71 bits per heavy atom. The van der Waals surface area contributed by atoms with Gasteiger partial charge in [-0.3, -0.25) is 9.78 Å². The van der Waals surface area contributed by atoms with Crippen molar-refractivity contribution in [1.29, 1.82) is 0 Å². The molecule has 0 unspecified atom stereocenters. The standard InChI is InChI=1S/C21H23N5O2/c1-13-3-4-16(22)12-17(13)15-10-18(26-20(11-15)25-7-8-27)14-5-6-24-19(9-14)21(28)23-2/h3-6,9-12,27H,7-8,22H2,1-2H3,(H,23,28)(H,25,26). The molecule has 0 bridgehead atoms. The van der Waals surface area contributed by atoms with Gasteiger partial charge in [0, 0.05) is 31.0 Å². The van der Waals surface area contributed by atoms with Gasteiger partial charge < -0.3 is 21.5 Å². The van der Waals surface area contributed by atoms with Gasteiger partial charge >= 0.3 is 0 Å². The number of aromatic nitrogens is 2. The van der Waals surface area contributed by atoms with Gasteiger partial charge in [0.25, 0.3) is 5.91 Å². The number of hydrogen-bond donors (Lipinski definition) is 4. The maximum Gasteiger partial charge on any atom is 0.269 e. The Balaban J connectivity index is 2.13. The van der Waals surface area contributed by atoms with Crippen LogP contribution in [0.25, 0.3) is 22.4 Å². The molecule has 0 fully saturated rings. The number of carbonyl (C=O) groups excluding carboxylic acids is 1. The SMILES string of the molecule is CNC(=O)c1cc(-c2cc(-c3cc(N)ccc3C)cc(NCCO)n2)ccn1. The molecular formula is C21H23N5O2. The molecule has 0 spiro atoms. The minimum Gasteiger partial charge on any atom is -0.399 e. The number of nitrogens with one attached hydrogen (secondary N) is 2. The number of anilines is 2. The van der Waals surface area contributed by atoms with Gasteiger partial charge in [-0.2, -0.15) is 0 Å². The Morgan fingerprint density at radius 2 is 1.96 bits per heavy atom. The van der Waals surface area contributed by atoms with Crippen LogP contribution in [0.4, 0.5) is 11.5 Å². The molecule has 0 radical (unpaired) electrons. The normalized spacial score (nSPS) is 10.5. The van der Waals surface area contributed by atoms with Crippen LogP contribution in [-0.2, 0) is 0 Å². The van der Waals surface area contributed by atoms with Crippen LogP contribution in [0.1, 0.15) is 16.1 Å². The number of rotatable bonds is 6. The van der Waals surface area contributed by atoms with Crippen molar-refractivity contribution in [2.75, 3.05) is 31.2 Å². The van der Waals surface area contributed by atoms with Crippen LogP contribution in [0.15, 0.2) is 48.7 Å². The lowest BCUT2D eigenvalue weighted by molar-refractivity contribution is 0.0958. The number of aryl methyl sites for hydroxylation is 1. The molecule has 2 heterocycles. The predicted molar refractivity (Wildman–Crippen MR) is 111 cm³/mol. The second-order valence-electron chi connectivity index (χ2n) is 6.36. The summed E-state index contributed by atoms with van der Waals surface area (Å²) in [5.74, 6) is 0.366. The average Bonchev–Trinajstić information content (AvgIpc) is 2.73. The number of nitrogen functional groups attached to an aromatic ring is 1. The lowest BCUT2D eigenvalue weighted by Gasteiger charge is -2.13. The summed E-state index contributed by atoms with van der Waals surface area (Å²) in [6.07, 6.45) is 1.58. The van der Waals surface area contributed by atoms with E-state index in [9.17, 15) is 4.79 Å². The third-order valence-corrected chi connectivity index (χ3v) is 4.33. The van der Waals surface area contributed by atoms with E-state index in [4.69, 9.17) is 10.8 Å². The number of carbonyl (C=O) groups is 1. The first-order chi connectivity index (χ1) is 13.5. The lowest BCUT2D eigenvalue weighted by Crippen LogP contribution is -2.19. The van der Waals surface area contributed by atoms with Gasteiger partial charge in [0.2, 0.25) is 0 Å². The third kappa shape index (κ3) is 4.27. The Kier molecular flexibility index (Phi) is 5.86. The van der Waals surface area contributed by atoms with Crippen molar-refractivity contribution in [3.05, 3.63) is 59.9 Å². The highest BCUT2D eigenvalue weighted by molar-refractivity contribution is 5.93. The van der Waals surface area contributed by atoms with E-state index < -0.39 is 0 Å². The van der Waals surface area contributed by atoms with Crippen molar-refractivity contribution in [3.63, 3.8) is 0 Å². The van der Waals surface area contributed by atoms with E-state index in [0.717, 1.165) is 22.3 Å². The first-order valence-corrected chi connectivity index (χ1v) is 8.93. The Bertz CT molecular complexity index is 1000. The molecule has 3 aromatic rings. The smallest absolute Gasteiger partial charge is 0.269 e. The molecule has 0 saturated heterocycles. The van der Waals surface area contributed by atoms with Crippen molar-refractivity contribution < 1.29 is 9.90 Å². The van der Waals surface area contributed by atoms with Crippen LogP contribution >= 0.6 is 0 Å². The summed E-state index contributed by atoms with van der Waals surface area (Å²) in [6.45, 7) is 2.39. The van der Waals surface area contributed by atoms with Crippen LogP contribution in [-0.4, -0.2) is 41.2 Å². The molecule has 1 amide bonds. The topological polar surface area (TPSA) is 113 Å². The average molecular weight is 377 g/mol. The van der Waals surface area contributed by atoms with Crippen molar-refractivity contribution in [1.82, 2.24) is 15.3 Å². The molecule has 0 atom stereocenters. The van der Waals surface area contributed by atoms with Gasteiger partial charge in [0.15, 0.2) is 0 Å². The van der Waals surface area contributed by atoms with E-state index in [-0.39, 0.29) is 12.5 Å². The maximum absolute atomic E-state index is 11.9. The van der Waals surface area contributed by atoms with Gasteiger partial charge in [0.1, 0.15) is 11.5 Å². The summed E-state index contributed by atoms with van der Waals surface area (Å²) >= 11 is 0. The van der Waals surface area contributed by atoms with Crippen LogP contribution in [0, 0.1) is 6.92 Å². The largest absolute Gasteiger partial charge is 0.399 e. The molecule has 7 heteroatoms. The molecule has 28 heavy (non-hydrogen) atoms. The highest BCUT2D eigenvalue weighted by atomic mass is 16.3. The quantitative estimate of drug-likeness (QED) is 0.491. The zero-order valence-corrected chi connectivity index (χ0v) is 15.9. The van der Waals surface area contributed by atoms with Gasteiger partial charge in [-0.1, -0.05) is 6.07 Å². The summed E-state index contributed by atoms with van der Waals surface area (Å²) < 4.78 is 0. The van der Waals surface area contributed by atoms with Crippen LogP contribution in [0.2, 0.25) is 0 Å². The molecule has 3 rings (SSSR count). The van der Waals surface area contributed by atoms with Crippen LogP contribution in [0.3, 0.4) is 0 Å². The van der Waals surface area contributed by atoms with E-state index in [0.29, 0.717) is 29.4 Å². The summed E-state index contributed by atoms with van der Waals surface area (Å²) in [4.78, 5) is 20.7. The summed E-state index contributed by atoms with van der Waals surface area (Å²) in [6, 6.07) is 13.1. The summed E-state index contributed by atoms with van der Waals surface area (Å²) in [5.41, 5.74) is 11.4. The number of nitrogens with zero attached hydrogens (tertiary/aromatic N) is 2. The Morgan fingerprint density at radius 1 is 1.14 bits per heavy atom. The molecule has 0 aliphatic heterocycles. The molecule has 0 aliphatic rings. The molecule has 2 aromatic heterocycles. The van der Waals surface area contributed by atoms with Crippen LogP contribution < -0.4 is 16.4 Å². The molecule has 1 aromatic carbocycles. The lowest BCUT2D eigenvalue weighted by atomic mass is 9.98. The fourth-order valence-corrected chi connectivity index (χ4v) is 2.90. The molecule has 7 nitrogen and oxygen atoms in total. The second kappa shape index (κ2) is 8.49. The number of benzene rings is 1. The number of amides is 1. The number of nitrogens with two attached hydrogens (primary N) is 1. The zero-order chi connectivity index (χ0) is 20.1. The second-order valence-corrected chi connectivity index (χ2v) is 6.36. The molecule has 144 valence electrons.